The van der Waals surface area contributed by atoms with E-state index < -0.39 is 97.5 Å². The fraction of sp³-hybridized carbons (Fsp3) is 0.947. The third kappa shape index (κ3) is 66.0. The van der Waals surface area contributed by atoms with E-state index in [4.69, 9.17) is 37.0 Å². The Kier molecular flexibility index (Phi) is 63.1. The summed E-state index contributed by atoms with van der Waals surface area (Å²) in [5.41, 5.74) is 0. The molecule has 0 spiro atoms. The number of aliphatic hydroxyl groups excluding tert-OH is 1. The third-order valence-electron chi connectivity index (χ3n) is 18.0. The van der Waals surface area contributed by atoms with Gasteiger partial charge in [0.2, 0.25) is 0 Å². The Balaban J connectivity index is 5.19. The minimum absolute atomic E-state index is 0.103. The van der Waals surface area contributed by atoms with Crippen LogP contribution in [0.2, 0.25) is 0 Å². The van der Waals surface area contributed by atoms with Crippen LogP contribution in [-0.2, 0) is 65.4 Å². The van der Waals surface area contributed by atoms with Crippen LogP contribution >= 0.6 is 15.6 Å². The number of ether oxygens (including phenoxy) is 4. The number of unbranched alkanes of at least 4 members (excludes halogenated alkanes) is 36. The minimum atomic E-state index is -4.96. The lowest BCUT2D eigenvalue weighted by atomic mass is 10.00. The molecule has 0 saturated heterocycles. The normalized spacial score (nSPS) is 14.7. The molecule has 19 heteroatoms. The molecule has 0 bridgehead atoms. The summed E-state index contributed by atoms with van der Waals surface area (Å²) in [6.07, 6.45) is 48.7. The first kappa shape index (κ1) is 92.1. The van der Waals surface area contributed by atoms with Crippen molar-refractivity contribution in [2.24, 2.45) is 23.7 Å². The molecule has 17 nitrogen and oxygen atoms in total. The van der Waals surface area contributed by atoms with Gasteiger partial charge in [-0.2, -0.15) is 0 Å². The van der Waals surface area contributed by atoms with E-state index in [1.165, 1.54) is 173 Å². The summed E-state index contributed by atoms with van der Waals surface area (Å²) in [7, 11) is -9.91. The second-order valence-electron chi connectivity index (χ2n) is 28.5. The van der Waals surface area contributed by atoms with Crippen LogP contribution in [0.25, 0.3) is 0 Å². The van der Waals surface area contributed by atoms with Crippen molar-refractivity contribution < 1.29 is 80.2 Å². The van der Waals surface area contributed by atoms with Gasteiger partial charge in [-0.1, -0.05) is 325 Å². The highest BCUT2D eigenvalue weighted by Crippen LogP contribution is 2.45. The predicted octanol–water partition coefficient (Wildman–Crippen LogP) is 21.7. The number of hydrogen-bond donors (Lipinski definition) is 3. The van der Waals surface area contributed by atoms with E-state index in [1.807, 2.05) is 0 Å². The number of carbonyl (C=O) groups is 4. The molecular weight excluding hydrogens is 1230 g/mol. The van der Waals surface area contributed by atoms with Gasteiger partial charge in [-0.25, -0.2) is 9.13 Å². The fourth-order valence-electron chi connectivity index (χ4n) is 11.3. The number of carbonyl (C=O) groups excluding carboxylic acids is 4. The summed E-state index contributed by atoms with van der Waals surface area (Å²) in [6.45, 7) is 14.1. The van der Waals surface area contributed by atoms with Gasteiger partial charge in [0.25, 0.3) is 0 Å². The Morgan fingerprint density at radius 2 is 0.511 bits per heavy atom. The van der Waals surface area contributed by atoms with Crippen molar-refractivity contribution in [3.63, 3.8) is 0 Å². The molecule has 4 unspecified atom stereocenters. The van der Waals surface area contributed by atoms with Crippen molar-refractivity contribution in [1.29, 1.82) is 0 Å². The molecule has 0 aliphatic rings. The summed E-state index contributed by atoms with van der Waals surface area (Å²) in [4.78, 5) is 72.7. The Morgan fingerprint density at radius 1 is 0.298 bits per heavy atom. The van der Waals surface area contributed by atoms with Gasteiger partial charge in [0.15, 0.2) is 12.2 Å². The van der Waals surface area contributed by atoms with Gasteiger partial charge in [0.1, 0.15) is 19.3 Å². The average molecular weight is 1380 g/mol. The van der Waals surface area contributed by atoms with Crippen molar-refractivity contribution in [3.05, 3.63) is 0 Å². The molecule has 0 aromatic heterocycles. The minimum Gasteiger partial charge on any atom is -0.462 e. The van der Waals surface area contributed by atoms with Gasteiger partial charge in [-0.3, -0.25) is 37.3 Å². The average Bonchev–Trinajstić information content (AvgIpc) is 1.74. The molecule has 0 aromatic carbocycles. The van der Waals surface area contributed by atoms with E-state index in [9.17, 15) is 43.2 Å². The summed E-state index contributed by atoms with van der Waals surface area (Å²) >= 11 is 0. The lowest BCUT2D eigenvalue weighted by molar-refractivity contribution is -0.161. The zero-order valence-electron chi connectivity index (χ0n) is 61.6. The van der Waals surface area contributed by atoms with Crippen LogP contribution in [0, 0.1) is 23.7 Å². The van der Waals surface area contributed by atoms with Gasteiger partial charge in [-0.05, 0) is 49.4 Å². The monoisotopic (exact) mass is 1380 g/mol. The van der Waals surface area contributed by atoms with Crippen LogP contribution in [0.1, 0.15) is 376 Å². The van der Waals surface area contributed by atoms with Gasteiger partial charge in [0.05, 0.1) is 26.4 Å². The van der Waals surface area contributed by atoms with E-state index in [-0.39, 0.29) is 25.7 Å². The molecule has 0 amide bonds. The molecule has 3 N–H and O–H groups in total. The first-order valence-electron chi connectivity index (χ1n) is 38.8. The summed E-state index contributed by atoms with van der Waals surface area (Å²) < 4.78 is 68.4. The van der Waals surface area contributed by atoms with Gasteiger partial charge >= 0.3 is 39.5 Å². The van der Waals surface area contributed by atoms with E-state index in [0.717, 1.165) is 120 Å². The summed E-state index contributed by atoms with van der Waals surface area (Å²) in [6, 6.07) is 0. The van der Waals surface area contributed by atoms with Gasteiger partial charge < -0.3 is 33.8 Å². The zero-order chi connectivity index (χ0) is 69.6. The van der Waals surface area contributed by atoms with E-state index >= 15 is 0 Å². The third-order valence-corrected chi connectivity index (χ3v) is 19.9. The Labute approximate surface area is 575 Å². The quantitative estimate of drug-likeness (QED) is 0.0222. The van der Waals surface area contributed by atoms with Crippen molar-refractivity contribution in [1.82, 2.24) is 0 Å². The van der Waals surface area contributed by atoms with E-state index in [2.05, 4.69) is 55.4 Å². The predicted molar refractivity (Wildman–Crippen MR) is 381 cm³/mol. The molecule has 0 rings (SSSR count). The molecule has 0 saturated carbocycles. The zero-order valence-corrected chi connectivity index (χ0v) is 63.4. The van der Waals surface area contributed by atoms with Gasteiger partial charge in [-0.15, -0.1) is 0 Å². The topological polar surface area (TPSA) is 237 Å². The number of esters is 4. The van der Waals surface area contributed by atoms with Crippen LogP contribution in [-0.4, -0.2) is 96.7 Å². The van der Waals surface area contributed by atoms with Crippen LogP contribution in [0.3, 0.4) is 0 Å². The number of hydrogen-bond acceptors (Lipinski definition) is 15. The van der Waals surface area contributed by atoms with Crippen LogP contribution in [0.15, 0.2) is 0 Å². The maximum Gasteiger partial charge on any atom is 0.472 e. The maximum atomic E-state index is 13.0. The van der Waals surface area contributed by atoms with E-state index in [0.29, 0.717) is 25.7 Å². The molecule has 0 fully saturated rings. The number of phosphoric acid groups is 2. The number of phosphoric ester groups is 2. The number of rotatable bonds is 72. The van der Waals surface area contributed by atoms with Crippen LogP contribution in [0.4, 0.5) is 0 Å². The first-order chi connectivity index (χ1) is 45.2. The summed E-state index contributed by atoms with van der Waals surface area (Å²) in [5.74, 6) is 0.914. The Morgan fingerprint density at radius 3 is 0.755 bits per heavy atom. The van der Waals surface area contributed by atoms with E-state index in [1.54, 1.807) is 0 Å². The largest absolute Gasteiger partial charge is 0.472 e. The Hall–Kier alpha value is -1.94. The van der Waals surface area contributed by atoms with Gasteiger partial charge in [0, 0.05) is 25.7 Å². The standard InChI is InChI=1S/C75H146O17P2/c1-9-67(7)53-45-37-31-33-40-48-56-73(78)86-62-70(91-74(79)57-49-41-30-26-22-18-17-20-24-28-36-44-52-66(5)6)63-89-93(81,82)87-59-69(76)60-88-94(83,84)90-64-71(92-75(80)58-50-42-34-32-38-46-54-68(8)10-2)61-85-72(77)55-47-39-29-25-21-16-14-12-11-13-15-19-23-27-35-43-51-65(3)4/h65-71,76H,9-64H2,1-8H3,(H,81,82)(H,83,84)/t67?,68?,69-,70+,71+/m0/s1. The second kappa shape index (κ2) is 64.4. The Bertz CT molecular complexity index is 1850. The fourth-order valence-corrected chi connectivity index (χ4v) is 12.9. The van der Waals surface area contributed by atoms with Crippen molar-refractivity contribution in [2.45, 2.75) is 395 Å². The highest BCUT2D eigenvalue weighted by molar-refractivity contribution is 7.47. The lowest BCUT2D eigenvalue weighted by Gasteiger charge is -2.21. The molecule has 94 heavy (non-hydrogen) atoms. The van der Waals surface area contributed by atoms with Crippen LogP contribution < -0.4 is 0 Å². The number of aliphatic hydroxyl groups is 1. The van der Waals surface area contributed by atoms with Crippen molar-refractivity contribution >= 4 is 39.5 Å². The lowest BCUT2D eigenvalue weighted by Crippen LogP contribution is -2.30. The molecule has 0 aliphatic carbocycles. The van der Waals surface area contributed by atoms with Crippen LogP contribution in [0.5, 0.6) is 0 Å². The highest BCUT2D eigenvalue weighted by Gasteiger charge is 2.30. The molecule has 7 atom stereocenters. The molecule has 0 aromatic rings. The highest BCUT2D eigenvalue weighted by atomic mass is 31.2. The van der Waals surface area contributed by atoms with Crippen molar-refractivity contribution in [3.8, 4) is 0 Å². The molecule has 558 valence electrons. The molecule has 0 heterocycles. The SMILES string of the molecule is CCC(C)CCCCCCCCC(=O)OC[C@H](COP(=O)(O)OC[C@H](O)COP(=O)(O)OC[C@@H](COC(=O)CCCCCCCCCCCCCCCCCCC(C)C)OC(=O)CCCCCCCCC(C)CC)OC(=O)CCCCCCCCCCCCCCC(C)C. The smallest absolute Gasteiger partial charge is 0.462 e. The first-order valence-corrected chi connectivity index (χ1v) is 41.8. The van der Waals surface area contributed by atoms with Crippen molar-refractivity contribution in [2.75, 3.05) is 39.6 Å². The molecule has 0 radical (unpaired) electrons. The summed E-state index contributed by atoms with van der Waals surface area (Å²) in [5, 5.41) is 10.6. The maximum absolute atomic E-state index is 13.0. The molecular formula is C75H146O17P2. The molecule has 0 aliphatic heterocycles. The second-order valence-corrected chi connectivity index (χ2v) is 31.4.